The minimum atomic E-state index is -0.310. The lowest BCUT2D eigenvalue weighted by atomic mass is 10.0. The number of pyridine rings is 1. The number of benzene rings is 1. The molecule has 0 unspecified atom stereocenters. The second kappa shape index (κ2) is 5.98. The van der Waals surface area contributed by atoms with E-state index in [1.807, 2.05) is 30.3 Å². The number of carbonyl (C=O) groups excluding carboxylic acids is 1. The summed E-state index contributed by atoms with van der Waals surface area (Å²) in [5, 5.41) is 11.7. The fourth-order valence-electron chi connectivity index (χ4n) is 1.92. The first-order valence-corrected chi connectivity index (χ1v) is 6.39. The predicted octanol–water partition coefficient (Wildman–Crippen LogP) is 3.33. The third kappa shape index (κ3) is 3.01. The number of amides is 1. The van der Waals surface area contributed by atoms with Crippen LogP contribution in [0.3, 0.4) is 0 Å². The third-order valence-corrected chi connectivity index (χ3v) is 2.93. The Hall–Kier alpha value is -2.67. The van der Waals surface area contributed by atoms with Crippen LogP contribution in [-0.4, -0.2) is 10.9 Å². The first-order chi connectivity index (χ1) is 9.61. The zero-order valence-electron chi connectivity index (χ0n) is 11.4. The van der Waals surface area contributed by atoms with Crippen LogP contribution in [0, 0.1) is 11.3 Å². The van der Waals surface area contributed by atoms with E-state index in [0.29, 0.717) is 5.92 Å². The molecule has 0 radical (unpaired) electrons. The topological polar surface area (TPSA) is 65.8 Å². The lowest BCUT2D eigenvalue weighted by Crippen LogP contribution is -2.15. The summed E-state index contributed by atoms with van der Waals surface area (Å²) in [5.74, 6) is 0.0000944. The molecule has 1 aromatic carbocycles. The van der Waals surface area contributed by atoms with E-state index < -0.39 is 0 Å². The molecule has 1 amide bonds. The predicted molar refractivity (Wildman–Crippen MR) is 77.4 cm³/mol. The fourth-order valence-corrected chi connectivity index (χ4v) is 1.92. The molecular weight excluding hydrogens is 250 g/mol. The molecule has 4 nitrogen and oxygen atoms in total. The van der Waals surface area contributed by atoms with Crippen molar-refractivity contribution < 1.29 is 4.79 Å². The molecule has 0 bridgehead atoms. The number of para-hydroxylation sites is 1. The van der Waals surface area contributed by atoms with E-state index in [2.05, 4.69) is 24.1 Å². The molecule has 0 aliphatic heterocycles. The van der Waals surface area contributed by atoms with E-state index in [-0.39, 0.29) is 17.3 Å². The normalized spacial score (nSPS) is 10.1. The van der Waals surface area contributed by atoms with E-state index >= 15 is 0 Å². The van der Waals surface area contributed by atoms with Crippen LogP contribution in [-0.2, 0) is 0 Å². The second-order valence-electron chi connectivity index (χ2n) is 4.72. The highest BCUT2D eigenvalue weighted by Crippen LogP contribution is 2.23. The third-order valence-electron chi connectivity index (χ3n) is 2.93. The molecule has 0 saturated heterocycles. The molecular formula is C16H15N3O. The number of aromatic nitrogens is 1. The first kappa shape index (κ1) is 13.8. The molecule has 20 heavy (non-hydrogen) atoms. The maximum absolute atomic E-state index is 12.2. The highest BCUT2D eigenvalue weighted by atomic mass is 16.1. The molecule has 0 aliphatic rings. The van der Waals surface area contributed by atoms with Crippen LogP contribution >= 0.6 is 0 Å². The van der Waals surface area contributed by atoms with E-state index in [1.165, 1.54) is 0 Å². The molecule has 0 saturated carbocycles. The van der Waals surface area contributed by atoms with Gasteiger partial charge in [-0.15, -0.1) is 0 Å². The summed E-state index contributed by atoms with van der Waals surface area (Å²) in [6, 6.07) is 14.4. The number of nitrogens with one attached hydrogen (secondary N) is 1. The van der Waals surface area contributed by atoms with Gasteiger partial charge < -0.3 is 5.32 Å². The summed E-state index contributed by atoms with van der Waals surface area (Å²) in [6.45, 7) is 4.14. The van der Waals surface area contributed by atoms with Crippen LogP contribution in [0.5, 0.6) is 0 Å². The Kier molecular flexibility index (Phi) is 4.11. The summed E-state index contributed by atoms with van der Waals surface area (Å²) in [6.07, 6.45) is 0. The van der Waals surface area contributed by atoms with Gasteiger partial charge >= 0.3 is 0 Å². The molecule has 2 rings (SSSR count). The largest absolute Gasteiger partial charge is 0.320 e. The lowest BCUT2D eigenvalue weighted by molar-refractivity contribution is 0.102. The minimum Gasteiger partial charge on any atom is -0.320 e. The second-order valence-corrected chi connectivity index (χ2v) is 4.72. The van der Waals surface area contributed by atoms with Crippen LogP contribution in [0.1, 0.15) is 41.5 Å². The van der Waals surface area contributed by atoms with E-state index in [9.17, 15) is 4.79 Å². The van der Waals surface area contributed by atoms with E-state index in [1.54, 1.807) is 18.2 Å². The monoisotopic (exact) mass is 265 g/mol. The Morgan fingerprint density at radius 2 is 1.95 bits per heavy atom. The fraction of sp³-hybridized carbons (Fsp3) is 0.188. The standard InChI is InChI=1S/C16H15N3O/c1-11(2)13-7-3-4-8-14(13)19-16(20)15-9-5-6-12(10-17)18-15/h3-9,11H,1-2H3,(H,19,20). The zero-order valence-corrected chi connectivity index (χ0v) is 11.4. The number of anilines is 1. The van der Waals surface area contributed by atoms with Crippen molar-refractivity contribution in [3.05, 3.63) is 59.4 Å². The highest BCUT2D eigenvalue weighted by Gasteiger charge is 2.12. The average Bonchev–Trinajstić information content (AvgIpc) is 2.47. The van der Waals surface area contributed by atoms with Gasteiger partial charge in [-0.05, 0) is 29.7 Å². The van der Waals surface area contributed by atoms with Gasteiger partial charge in [0.15, 0.2) is 0 Å². The van der Waals surface area contributed by atoms with Gasteiger partial charge in [-0.3, -0.25) is 4.79 Å². The Labute approximate surface area is 118 Å². The van der Waals surface area contributed by atoms with Crippen LogP contribution in [0.15, 0.2) is 42.5 Å². The van der Waals surface area contributed by atoms with Gasteiger partial charge in [0, 0.05) is 5.69 Å². The van der Waals surface area contributed by atoms with Gasteiger partial charge in [0.2, 0.25) is 0 Å². The van der Waals surface area contributed by atoms with E-state index in [0.717, 1.165) is 11.3 Å². The Bertz CT molecular complexity index is 671. The molecule has 2 aromatic rings. The van der Waals surface area contributed by atoms with Gasteiger partial charge in [0.1, 0.15) is 17.5 Å². The van der Waals surface area contributed by atoms with Crippen molar-refractivity contribution in [1.29, 1.82) is 5.26 Å². The summed E-state index contributed by atoms with van der Waals surface area (Å²) in [7, 11) is 0. The minimum absolute atomic E-state index is 0.231. The van der Waals surface area contributed by atoms with Gasteiger partial charge in [-0.2, -0.15) is 5.26 Å². The van der Waals surface area contributed by atoms with Crippen LogP contribution in [0.4, 0.5) is 5.69 Å². The van der Waals surface area contributed by atoms with Gasteiger partial charge in [0.05, 0.1) is 0 Å². The maximum Gasteiger partial charge on any atom is 0.274 e. The molecule has 0 atom stereocenters. The van der Waals surface area contributed by atoms with Crippen molar-refractivity contribution in [3.8, 4) is 6.07 Å². The lowest BCUT2D eigenvalue weighted by Gasteiger charge is -2.13. The number of nitrogens with zero attached hydrogens (tertiary/aromatic N) is 2. The molecule has 1 aromatic heterocycles. The molecule has 1 N–H and O–H groups in total. The number of hydrogen-bond donors (Lipinski definition) is 1. The zero-order chi connectivity index (χ0) is 14.5. The van der Waals surface area contributed by atoms with Crippen molar-refractivity contribution in [2.45, 2.75) is 19.8 Å². The molecule has 4 heteroatoms. The molecule has 100 valence electrons. The average molecular weight is 265 g/mol. The van der Waals surface area contributed by atoms with Crippen LogP contribution < -0.4 is 5.32 Å². The Balaban J connectivity index is 2.26. The van der Waals surface area contributed by atoms with E-state index in [4.69, 9.17) is 5.26 Å². The van der Waals surface area contributed by atoms with Crippen LogP contribution in [0.2, 0.25) is 0 Å². The van der Waals surface area contributed by atoms with Crippen molar-refractivity contribution in [3.63, 3.8) is 0 Å². The van der Waals surface area contributed by atoms with Crippen molar-refractivity contribution in [2.24, 2.45) is 0 Å². The quantitative estimate of drug-likeness (QED) is 0.925. The van der Waals surface area contributed by atoms with Crippen molar-refractivity contribution in [1.82, 2.24) is 4.98 Å². The first-order valence-electron chi connectivity index (χ1n) is 6.39. The number of carbonyl (C=O) groups is 1. The summed E-state index contributed by atoms with van der Waals surface area (Å²) in [4.78, 5) is 16.2. The SMILES string of the molecule is CC(C)c1ccccc1NC(=O)c1cccc(C#N)n1. The van der Waals surface area contributed by atoms with Gasteiger partial charge in [-0.1, -0.05) is 38.1 Å². The highest BCUT2D eigenvalue weighted by molar-refractivity contribution is 6.03. The number of nitriles is 1. The van der Waals surface area contributed by atoms with Gasteiger partial charge in [-0.25, -0.2) is 4.98 Å². The summed E-state index contributed by atoms with van der Waals surface area (Å²) >= 11 is 0. The van der Waals surface area contributed by atoms with Crippen LogP contribution in [0.25, 0.3) is 0 Å². The van der Waals surface area contributed by atoms with Gasteiger partial charge in [0.25, 0.3) is 5.91 Å². The number of hydrogen-bond acceptors (Lipinski definition) is 3. The summed E-state index contributed by atoms with van der Waals surface area (Å²) in [5.41, 5.74) is 2.31. The molecule has 1 heterocycles. The molecule has 0 fully saturated rings. The number of rotatable bonds is 3. The van der Waals surface area contributed by atoms with Crippen molar-refractivity contribution in [2.75, 3.05) is 5.32 Å². The molecule has 0 aliphatic carbocycles. The Morgan fingerprint density at radius 1 is 1.20 bits per heavy atom. The van der Waals surface area contributed by atoms with Crippen molar-refractivity contribution >= 4 is 11.6 Å². The Morgan fingerprint density at radius 3 is 2.65 bits per heavy atom. The summed E-state index contributed by atoms with van der Waals surface area (Å²) < 4.78 is 0. The molecule has 0 spiro atoms. The maximum atomic E-state index is 12.2. The smallest absolute Gasteiger partial charge is 0.274 e.